The quantitative estimate of drug-likeness (QED) is 0.638. The highest BCUT2D eigenvalue weighted by Gasteiger charge is 2.05. The minimum absolute atomic E-state index is 0.0486. The molecule has 0 aliphatic carbocycles. The van der Waals surface area contributed by atoms with E-state index in [0.717, 1.165) is 4.88 Å². The molecule has 0 saturated carbocycles. The lowest BCUT2D eigenvalue weighted by molar-refractivity contribution is 0.100. The highest BCUT2D eigenvalue weighted by Crippen LogP contribution is 2.10. The van der Waals surface area contributed by atoms with Crippen LogP contribution in [0.1, 0.15) is 14.7 Å². The van der Waals surface area contributed by atoms with E-state index in [1.165, 1.54) is 11.3 Å². The van der Waals surface area contributed by atoms with Crippen molar-refractivity contribution in [2.24, 2.45) is 5.73 Å². The molecule has 1 heterocycles. The minimum Gasteiger partial charge on any atom is -0.324 e. The molecule has 0 amide bonds. The van der Waals surface area contributed by atoms with Gasteiger partial charge in [0.1, 0.15) is 0 Å². The number of aromatic nitrogens is 1. The van der Waals surface area contributed by atoms with Gasteiger partial charge in [-0.25, -0.2) is 4.98 Å². The number of Topliss-reactive ketones (excluding diaryl/α,β-unsaturated/α-hetero) is 1. The number of nitrogens with zero attached hydrogens (tertiary/aromatic N) is 1. The predicted molar refractivity (Wildman–Crippen MR) is 40.2 cm³/mol. The molecule has 0 spiro atoms. The Morgan fingerprint density at radius 2 is 2.60 bits per heavy atom. The van der Waals surface area contributed by atoms with Gasteiger partial charge in [0, 0.05) is 11.1 Å². The van der Waals surface area contributed by atoms with Crippen molar-refractivity contribution in [2.75, 3.05) is 6.54 Å². The van der Waals surface area contributed by atoms with Crippen molar-refractivity contribution in [3.05, 3.63) is 16.1 Å². The monoisotopic (exact) mass is 156 g/mol. The molecule has 4 heteroatoms. The summed E-state index contributed by atoms with van der Waals surface area (Å²) in [7, 11) is 0. The molecule has 0 saturated heterocycles. The lowest BCUT2D eigenvalue weighted by Gasteiger charge is -1.85. The Morgan fingerprint density at radius 3 is 3.00 bits per heavy atom. The topological polar surface area (TPSA) is 56.0 Å². The average molecular weight is 156 g/mol. The summed E-state index contributed by atoms with van der Waals surface area (Å²) < 4.78 is 0. The van der Waals surface area contributed by atoms with E-state index in [1.807, 2.05) is 6.92 Å². The van der Waals surface area contributed by atoms with Crippen molar-refractivity contribution in [3.63, 3.8) is 0 Å². The normalized spacial score (nSPS) is 9.80. The fourth-order valence-electron chi connectivity index (χ4n) is 0.571. The maximum atomic E-state index is 10.8. The number of ketones is 1. The molecule has 0 unspecified atom stereocenters. The van der Waals surface area contributed by atoms with Crippen molar-refractivity contribution in [1.29, 1.82) is 0 Å². The maximum absolute atomic E-state index is 10.8. The van der Waals surface area contributed by atoms with Gasteiger partial charge >= 0.3 is 0 Å². The Labute approximate surface area is 62.9 Å². The Hall–Kier alpha value is -0.740. The number of thiazole rings is 1. The van der Waals surface area contributed by atoms with Gasteiger partial charge in [-0.3, -0.25) is 4.79 Å². The van der Waals surface area contributed by atoms with Gasteiger partial charge in [-0.2, -0.15) is 0 Å². The first-order valence-corrected chi connectivity index (χ1v) is 3.71. The highest BCUT2D eigenvalue weighted by atomic mass is 32.1. The Bertz CT molecular complexity index is 244. The summed E-state index contributed by atoms with van der Waals surface area (Å²) in [5.74, 6) is -0.0851. The second-order valence-corrected chi connectivity index (χ2v) is 3.14. The van der Waals surface area contributed by atoms with E-state index in [9.17, 15) is 4.79 Å². The molecule has 0 aromatic carbocycles. The Morgan fingerprint density at radius 1 is 1.90 bits per heavy atom. The second kappa shape index (κ2) is 2.90. The van der Waals surface area contributed by atoms with Gasteiger partial charge in [0.15, 0.2) is 5.01 Å². The summed E-state index contributed by atoms with van der Waals surface area (Å²) in [4.78, 5) is 15.8. The summed E-state index contributed by atoms with van der Waals surface area (Å²) in [6.07, 6.45) is 1.67. The summed E-state index contributed by atoms with van der Waals surface area (Å²) in [5.41, 5.74) is 5.13. The first-order valence-electron chi connectivity index (χ1n) is 2.89. The summed E-state index contributed by atoms with van der Waals surface area (Å²) in [6, 6.07) is 0. The van der Waals surface area contributed by atoms with Crippen LogP contribution in [0.2, 0.25) is 0 Å². The van der Waals surface area contributed by atoms with Crippen LogP contribution in [0.5, 0.6) is 0 Å². The maximum Gasteiger partial charge on any atom is 0.204 e. The highest BCUT2D eigenvalue weighted by molar-refractivity contribution is 7.13. The van der Waals surface area contributed by atoms with Gasteiger partial charge in [0.05, 0.1) is 6.54 Å². The molecule has 1 aromatic rings. The van der Waals surface area contributed by atoms with Crippen molar-refractivity contribution in [2.45, 2.75) is 6.92 Å². The van der Waals surface area contributed by atoms with E-state index in [1.54, 1.807) is 6.20 Å². The number of aryl methyl sites for hydroxylation is 1. The molecular weight excluding hydrogens is 148 g/mol. The zero-order valence-electron chi connectivity index (χ0n) is 5.63. The van der Waals surface area contributed by atoms with Crippen LogP contribution in [0.15, 0.2) is 6.20 Å². The molecule has 0 radical (unpaired) electrons. The van der Waals surface area contributed by atoms with Crippen LogP contribution in [0.4, 0.5) is 0 Å². The van der Waals surface area contributed by atoms with Crippen LogP contribution in [0.25, 0.3) is 0 Å². The standard InChI is InChI=1S/C6H8N2OS/c1-4-3-8-6(10-4)5(9)2-7/h3H,2,7H2,1H3. The lowest BCUT2D eigenvalue weighted by Crippen LogP contribution is -2.12. The smallest absolute Gasteiger partial charge is 0.204 e. The zero-order valence-corrected chi connectivity index (χ0v) is 6.44. The van der Waals surface area contributed by atoms with Crippen molar-refractivity contribution in [1.82, 2.24) is 4.98 Å². The third-order valence-electron chi connectivity index (χ3n) is 1.05. The number of carbonyl (C=O) groups excluding carboxylic acids is 1. The molecule has 54 valence electrons. The van der Waals surface area contributed by atoms with E-state index < -0.39 is 0 Å². The van der Waals surface area contributed by atoms with Gasteiger partial charge in [-0.1, -0.05) is 0 Å². The SMILES string of the molecule is Cc1cnc(C(=O)CN)s1. The number of hydrogen-bond acceptors (Lipinski definition) is 4. The fourth-order valence-corrected chi connectivity index (χ4v) is 1.28. The summed E-state index contributed by atoms with van der Waals surface area (Å²) in [5, 5.41) is 0.514. The lowest BCUT2D eigenvalue weighted by atomic mass is 10.4. The number of carbonyl (C=O) groups is 1. The fraction of sp³-hybridized carbons (Fsp3) is 0.333. The van der Waals surface area contributed by atoms with Crippen molar-refractivity contribution in [3.8, 4) is 0 Å². The second-order valence-electron chi connectivity index (χ2n) is 1.90. The average Bonchev–Trinajstić information content (AvgIpc) is 2.34. The molecular formula is C6H8N2OS. The molecule has 1 aromatic heterocycles. The third kappa shape index (κ3) is 1.40. The van der Waals surface area contributed by atoms with E-state index in [-0.39, 0.29) is 12.3 Å². The van der Waals surface area contributed by atoms with Gasteiger partial charge < -0.3 is 5.73 Å². The molecule has 3 nitrogen and oxygen atoms in total. The van der Waals surface area contributed by atoms with Crippen LogP contribution < -0.4 is 5.73 Å². The van der Waals surface area contributed by atoms with Crippen molar-refractivity contribution < 1.29 is 4.79 Å². The first kappa shape index (κ1) is 7.37. The molecule has 0 bridgehead atoms. The molecule has 0 atom stereocenters. The van der Waals surface area contributed by atoms with Gasteiger partial charge in [-0.15, -0.1) is 11.3 Å². The van der Waals surface area contributed by atoms with Gasteiger partial charge in [0.25, 0.3) is 0 Å². The molecule has 0 aliphatic heterocycles. The van der Waals surface area contributed by atoms with E-state index in [0.29, 0.717) is 5.01 Å². The van der Waals surface area contributed by atoms with Crippen LogP contribution in [-0.2, 0) is 0 Å². The van der Waals surface area contributed by atoms with E-state index >= 15 is 0 Å². The molecule has 10 heavy (non-hydrogen) atoms. The Balaban J connectivity index is 2.85. The molecule has 0 aliphatic rings. The van der Waals surface area contributed by atoms with Crippen LogP contribution in [0, 0.1) is 6.92 Å². The Kier molecular flexibility index (Phi) is 2.13. The summed E-state index contributed by atoms with van der Waals surface area (Å²) in [6.45, 7) is 1.96. The van der Waals surface area contributed by atoms with Crippen LogP contribution in [0.3, 0.4) is 0 Å². The van der Waals surface area contributed by atoms with Crippen LogP contribution >= 0.6 is 11.3 Å². The number of hydrogen-bond donors (Lipinski definition) is 1. The zero-order chi connectivity index (χ0) is 7.56. The molecule has 1 rings (SSSR count). The number of nitrogens with two attached hydrogens (primary N) is 1. The number of rotatable bonds is 2. The largest absolute Gasteiger partial charge is 0.324 e. The first-order chi connectivity index (χ1) is 4.74. The van der Waals surface area contributed by atoms with Gasteiger partial charge in [-0.05, 0) is 6.92 Å². The van der Waals surface area contributed by atoms with Crippen molar-refractivity contribution >= 4 is 17.1 Å². The molecule has 0 fully saturated rings. The van der Waals surface area contributed by atoms with Crippen LogP contribution in [-0.4, -0.2) is 17.3 Å². The van der Waals surface area contributed by atoms with Gasteiger partial charge in [0.2, 0.25) is 5.78 Å². The summed E-state index contributed by atoms with van der Waals surface area (Å²) >= 11 is 1.38. The molecule has 2 N–H and O–H groups in total. The third-order valence-corrected chi connectivity index (χ3v) is 2.00. The van der Waals surface area contributed by atoms with E-state index in [2.05, 4.69) is 4.98 Å². The minimum atomic E-state index is -0.0851. The predicted octanol–water partition coefficient (Wildman–Crippen LogP) is 0.593. The van der Waals surface area contributed by atoms with E-state index in [4.69, 9.17) is 5.73 Å².